The molecule has 0 fully saturated rings. The van der Waals surface area contributed by atoms with Crippen LogP contribution in [0.2, 0.25) is 0 Å². The summed E-state index contributed by atoms with van der Waals surface area (Å²) >= 11 is 0. The van der Waals surface area contributed by atoms with Crippen LogP contribution in [0.4, 0.5) is 0 Å². The largest absolute Gasteiger partial charge is 2.00 e. The number of benzene rings is 1. The maximum absolute atomic E-state index is 10.6. The van der Waals surface area contributed by atoms with Crippen LogP contribution in [0.15, 0.2) is 24.3 Å². The van der Waals surface area contributed by atoms with Crippen molar-refractivity contribution in [3.63, 3.8) is 0 Å². The van der Waals surface area contributed by atoms with Crippen LogP contribution < -0.4 is 12.4 Å². The van der Waals surface area contributed by atoms with Gasteiger partial charge in [0, 0.05) is 0 Å². The summed E-state index contributed by atoms with van der Waals surface area (Å²) in [6, 6.07) is 9.85. The minimum atomic E-state index is 0. The van der Waals surface area contributed by atoms with Gasteiger partial charge in [-0.1, -0.05) is 5.56 Å². The number of carbonyl (C=O) groups is 1. The van der Waals surface area contributed by atoms with E-state index in [4.69, 9.17) is 0 Å². The number of hydrogen-bond donors (Lipinski definition) is 0. The molecule has 1 rings (SSSR count). The summed E-state index contributed by atoms with van der Waals surface area (Å²) in [6.07, 6.45) is 0. The van der Waals surface area contributed by atoms with Crippen molar-refractivity contribution in [2.24, 2.45) is 0 Å². The number of Topliss-reactive ketones (excluding diaryl/α,β-unsaturated/α-hetero) is 1. The Kier molecular flexibility index (Phi) is 7.93. The van der Waals surface area contributed by atoms with Gasteiger partial charge in [-0.2, -0.15) is 30.3 Å². The first-order chi connectivity index (χ1) is 4.30. The third-order valence-corrected chi connectivity index (χ3v) is 1.11. The van der Waals surface area contributed by atoms with Crippen LogP contribution in [0.3, 0.4) is 0 Å². The second kappa shape index (κ2) is 6.51. The molecule has 0 radical (unpaired) electrons. The zero-order chi connectivity index (χ0) is 6.69. The fourth-order valence-corrected chi connectivity index (χ4v) is 0.612. The third kappa shape index (κ3) is 4.28. The van der Waals surface area contributed by atoms with Gasteiger partial charge >= 0.3 is 19.5 Å². The fraction of sp³-hybridized carbons (Fsp3) is 0.125. The Morgan fingerprint density at radius 1 is 1.55 bits per heavy atom. The van der Waals surface area contributed by atoms with Gasteiger partial charge in [0.15, 0.2) is 0 Å². The van der Waals surface area contributed by atoms with Gasteiger partial charge in [-0.3, -0.25) is 0 Å². The average Bonchev–Trinajstić information content (AvgIpc) is 1.90. The Morgan fingerprint density at radius 2 is 2.18 bits per heavy atom. The van der Waals surface area contributed by atoms with Gasteiger partial charge in [0.05, 0.1) is 0 Å². The molecule has 0 aliphatic carbocycles. The number of carbonyl (C=O) groups excluding carboxylic acids is 1. The van der Waals surface area contributed by atoms with E-state index in [9.17, 15) is 4.79 Å². The Labute approximate surface area is 85.4 Å². The predicted octanol–water partition coefficient (Wildman–Crippen LogP) is -1.31. The van der Waals surface area contributed by atoms with Gasteiger partial charge in [-0.15, -0.1) is 0 Å². The summed E-state index contributed by atoms with van der Waals surface area (Å²) in [4.78, 5) is 10.6. The van der Waals surface area contributed by atoms with Gasteiger partial charge in [0.2, 0.25) is 0 Å². The van der Waals surface area contributed by atoms with E-state index in [-0.39, 0.29) is 37.7 Å². The molecule has 0 heterocycles. The van der Waals surface area contributed by atoms with Gasteiger partial charge in [0.1, 0.15) is 5.78 Å². The minimum Gasteiger partial charge on any atom is -1.00 e. The van der Waals surface area contributed by atoms with Crippen molar-refractivity contribution in [2.45, 2.75) is 6.92 Å². The molecule has 0 saturated heterocycles. The van der Waals surface area contributed by atoms with Crippen molar-refractivity contribution in [1.29, 1.82) is 0 Å². The molecular formula is C8H7ClOZn. The first kappa shape index (κ1) is 13.4. The molecule has 0 N–H and O–H groups in total. The van der Waals surface area contributed by atoms with Crippen molar-refractivity contribution < 1.29 is 36.7 Å². The normalized spacial score (nSPS) is 7.36. The quantitative estimate of drug-likeness (QED) is 0.326. The van der Waals surface area contributed by atoms with E-state index in [1.54, 1.807) is 31.2 Å². The van der Waals surface area contributed by atoms with Crippen molar-refractivity contribution in [3.8, 4) is 0 Å². The van der Waals surface area contributed by atoms with E-state index in [0.717, 1.165) is 5.56 Å². The van der Waals surface area contributed by atoms with E-state index >= 15 is 0 Å². The smallest absolute Gasteiger partial charge is 1.00 e. The molecule has 0 amide bonds. The monoisotopic (exact) mass is 218 g/mol. The van der Waals surface area contributed by atoms with Gasteiger partial charge < -0.3 is 17.2 Å². The minimum absolute atomic E-state index is 0. The summed E-state index contributed by atoms with van der Waals surface area (Å²) in [7, 11) is 0. The molecule has 0 unspecified atom stereocenters. The van der Waals surface area contributed by atoms with E-state index in [2.05, 4.69) is 6.07 Å². The summed E-state index contributed by atoms with van der Waals surface area (Å²) < 4.78 is 0. The third-order valence-electron chi connectivity index (χ3n) is 1.11. The molecule has 1 aromatic carbocycles. The Balaban J connectivity index is 0. The van der Waals surface area contributed by atoms with Crippen LogP contribution >= 0.6 is 0 Å². The number of ketones is 1. The Hall–Kier alpha value is -0.197. The molecule has 0 aliphatic rings. The van der Waals surface area contributed by atoms with E-state index in [0.29, 0.717) is 0 Å². The van der Waals surface area contributed by atoms with Crippen molar-refractivity contribution >= 4 is 5.78 Å². The topological polar surface area (TPSA) is 17.1 Å². The summed E-state index contributed by atoms with van der Waals surface area (Å²) in [5.74, 6) is 0.0897. The molecule has 1 aromatic rings. The molecule has 0 aromatic heterocycles. The number of rotatable bonds is 1. The summed E-state index contributed by atoms with van der Waals surface area (Å²) in [5.41, 5.74) is 0.720. The van der Waals surface area contributed by atoms with E-state index in [1.165, 1.54) is 0 Å². The molecule has 1 nitrogen and oxygen atoms in total. The second-order valence-corrected chi connectivity index (χ2v) is 1.85. The maximum Gasteiger partial charge on any atom is 2.00 e. The zero-order valence-corrected chi connectivity index (χ0v) is 10.0. The standard InChI is InChI=1S/C8H7O.ClH.Zn/c1-7(9)8-5-3-2-4-6-8;;/h2-3,5-6H,1H3;1H;/q-1;;+2/p-1. The van der Waals surface area contributed by atoms with Crippen molar-refractivity contribution in [1.82, 2.24) is 0 Å². The first-order valence-electron chi connectivity index (χ1n) is 2.78. The van der Waals surface area contributed by atoms with E-state index in [1.807, 2.05) is 0 Å². The van der Waals surface area contributed by atoms with Crippen LogP contribution in [0.5, 0.6) is 0 Å². The number of halogens is 1. The molecule has 0 spiro atoms. The Morgan fingerprint density at radius 3 is 2.45 bits per heavy atom. The predicted molar refractivity (Wildman–Crippen MR) is 35.3 cm³/mol. The Bertz CT molecular complexity index is 211. The zero-order valence-electron chi connectivity index (χ0n) is 6.30. The molecule has 3 heteroatoms. The number of hydrogen-bond acceptors (Lipinski definition) is 1. The van der Waals surface area contributed by atoms with Crippen molar-refractivity contribution in [3.05, 3.63) is 35.9 Å². The molecule has 54 valence electrons. The van der Waals surface area contributed by atoms with Gasteiger partial charge in [0.25, 0.3) is 0 Å². The molecule has 11 heavy (non-hydrogen) atoms. The molecule has 0 bridgehead atoms. The molecule has 0 atom stereocenters. The van der Waals surface area contributed by atoms with Crippen LogP contribution in [0.25, 0.3) is 0 Å². The molecule has 0 aliphatic heterocycles. The molecular weight excluding hydrogens is 213 g/mol. The first-order valence-corrected chi connectivity index (χ1v) is 2.78. The van der Waals surface area contributed by atoms with E-state index < -0.39 is 0 Å². The average molecular weight is 220 g/mol. The van der Waals surface area contributed by atoms with Crippen LogP contribution in [0, 0.1) is 6.07 Å². The SMILES string of the molecule is CC(=O)c1c[c-]ccc1.[Cl-].[Zn+2]. The fourth-order valence-electron chi connectivity index (χ4n) is 0.612. The second-order valence-electron chi connectivity index (χ2n) is 1.85. The van der Waals surface area contributed by atoms with Gasteiger partial charge in [-0.05, 0) is 6.92 Å². The summed E-state index contributed by atoms with van der Waals surface area (Å²) in [5, 5.41) is 0. The molecule has 0 saturated carbocycles. The van der Waals surface area contributed by atoms with Crippen LogP contribution in [-0.4, -0.2) is 5.78 Å². The summed E-state index contributed by atoms with van der Waals surface area (Å²) in [6.45, 7) is 1.54. The maximum atomic E-state index is 10.6. The van der Waals surface area contributed by atoms with Crippen LogP contribution in [0.1, 0.15) is 17.3 Å². The van der Waals surface area contributed by atoms with Gasteiger partial charge in [-0.25, -0.2) is 0 Å². The van der Waals surface area contributed by atoms with Crippen molar-refractivity contribution in [2.75, 3.05) is 0 Å². The van der Waals surface area contributed by atoms with Crippen LogP contribution in [-0.2, 0) is 19.5 Å².